The van der Waals surface area contributed by atoms with Crippen molar-refractivity contribution >= 4 is 46.6 Å². The number of benzene rings is 1. The topological polar surface area (TPSA) is 87.4 Å². The number of hydrogen-bond acceptors (Lipinski definition) is 7. The third-order valence-electron chi connectivity index (χ3n) is 3.49. The second-order valence-corrected chi connectivity index (χ2v) is 7.03. The molecule has 134 valence electrons. The minimum absolute atomic E-state index is 0.326. The van der Waals surface area contributed by atoms with Crippen molar-refractivity contribution < 1.29 is 5.11 Å². The molecular weight excluding hydrogens is 383 g/mol. The number of anilines is 2. The van der Waals surface area contributed by atoms with Gasteiger partial charge in [0.05, 0.1) is 21.5 Å². The van der Waals surface area contributed by atoms with Crippen LogP contribution in [0.5, 0.6) is 0 Å². The number of aromatic nitrogens is 3. The summed E-state index contributed by atoms with van der Waals surface area (Å²) in [4.78, 5) is 13.2. The number of nitrogens with one attached hydrogen (secondary N) is 2. The molecule has 25 heavy (non-hydrogen) atoms. The van der Waals surface area contributed by atoms with E-state index in [2.05, 4.69) is 25.6 Å². The summed E-state index contributed by atoms with van der Waals surface area (Å²) in [5.74, 6) is -0.655. The molecule has 0 amide bonds. The molecule has 3 rings (SSSR count). The fourth-order valence-corrected chi connectivity index (χ4v) is 3.83. The molecule has 1 aliphatic heterocycles. The van der Waals surface area contributed by atoms with Gasteiger partial charge in [0.2, 0.25) is 17.4 Å². The monoisotopic (exact) mass is 400 g/mol. The lowest BCUT2D eigenvalue weighted by Crippen LogP contribution is -2.48. The van der Waals surface area contributed by atoms with E-state index < -0.39 is 5.85 Å². The molecule has 3 N–H and O–H groups in total. The highest BCUT2D eigenvalue weighted by Gasteiger charge is 2.40. The number of halogens is 2. The van der Waals surface area contributed by atoms with Crippen LogP contribution in [0.1, 0.15) is 13.8 Å². The lowest BCUT2D eigenvalue weighted by atomic mass is 10.3. The van der Waals surface area contributed by atoms with Crippen molar-refractivity contribution in [3.8, 4) is 0 Å². The molecule has 0 fully saturated rings. The molecular formula is C15H18Cl2N6OS. The van der Waals surface area contributed by atoms with Gasteiger partial charge in [0, 0.05) is 13.1 Å². The summed E-state index contributed by atoms with van der Waals surface area (Å²) in [6, 6.07) is 5.20. The molecule has 1 aromatic heterocycles. The van der Waals surface area contributed by atoms with E-state index in [0.29, 0.717) is 51.3 Å². The van der Waals surface area contributed by atoms with Crippen molar-refractivity contribution in [3.05, 3.63) is 33.9 Å². The number of fused-ring (bicyclic) bond motifs is 1. The molecule has 0 radical (unpaired) electrons. The minimum Gasteiger partial charge on any atom is -0.354 e. The highest BCUT2D eigenvalue weighted by molar-refractivity contribution is 7.99. The average Bonchev–Trinajstić information content (AvgIpc) is 2.90. The molecule has 1 aromatic carbocycles. The number of hydrogen-bond donors (Lipinski definition) is 3. The Balaban J connectivity index is 2.08. The lowest BCUT2D eigenvalue weighted by molar-refractivity contribution is 0.00819. The summed E-state index contributed by atoms with van der Waals surface area (Å²) in [6.45, 7) is 5.10. The third kappa shape index (κ3) is 3.57. The maximum absolute atomic E-state index is 11.2. The normalized spacial score (nSPS) is 19.8. The molecule has 2 heterocycles. The van der Waals surface area contributed by atoms with E-state index >= 15 is 0 Å². The fraction of sp³-hybridized carbons (Fsp3) is 0.400. The lowest BCUT2D eigenvalue weighted by Gasteiger charge is -2.28. The van der Waals surface area contributed by atoms with E-state index in [0.717, 1.165) is 0 Å². The summed E-state index contributed by atoms with van der Waals surface area (Å²) in [5, 5.41) is 18.7. The number of thioether (sulfide) groups is 1. The maximum Gasteiger partial charge on any atom is 0.234 e. The Kier molecular flexibility index (Phi) is 5.43. The number of rotatable bonds is 5. The summed E-state index contributed by atoms with van der Waals surface area (Å²) < 4.78 is 1.58. The van der Waals surface area contributed by atoms with Gasteiger partial charge in [0.1, 0.15) is 0 Å². The Labute approximate surface area is 159 Å². The van der Waals surface area contributed by atoms with E-state index in [-0.39, 0.29) is 0 Å². The molecule has 0 spiro atoms. The fourth-order valence-electron chi connectivity index (χ4n) is 2.44. The Morgan fingerprint density at radius 1 is 1.36 bits per heavy atom. The van der Waals surface area contributed by atoms with Crippen LogP contribution in [0.3, 0.4) is 0 Å². The zero-order valence-corrected chi connectivity index (χ0v) is 16.1. The summed E-state index contributed by atoms with van der Waals surface area (Å²) in [7, 11) is 0. The van der Waals surface area contributed by atoms with E-state index in [4.69, 9.17) is 23.2 Å². The molecule has 0 saturated heterocycles. The summed E-state index contributed by atoms with van der Waals surface area (Å²) in [5.41, 5.74) is 0.914. The molecule has 0 bridgehead atoms. The summed E-state index contributed by atoms with van der Waals surface area (Å²) in [6.07, 6.45) is 0. The van der Waals surface area contributed by atoms with Gasteiger partial charge in [-0.25, -0.2) is 4.57 Å². The van der Waals surface area contributed by atoms with Gasteiger partial charge in [-0.3, -0.25) is 4.99 Å². The largest absolute Gasteiger partial charge is 0.354 e. The first-order chi connectivity index (χ1) is 12.0. The predicted molar refractivity (Wildman–Crippen MR) is 101 cm³/mol. The van der Waals surface area contributed by atoms with Gasteiger partial charge in [0.15, 0.2) is 5.16 Å². The zero-order valence-electron chi connectivity index (χ0n) is 13.8. The van der Waals surface area contributed by atoms with Crippen LogP contribution in [0.4, 0.5) is 11.6 Å². The standard InChI is InChI=1S/C15H18Cl2N6OS/c1-3-18-12-20-13(19-4-2)23-14(21-12)25-8-15(23,24)22-10-7-5-6-9(16)11(10)17/h5-7,22,24H,3-4,8H2,1-2H3,(H,18,19,20)/t15-/m1/s1. The molecule has 2 aromatic rings. The minimum atomic E-state index is -1.47. The Morgan fingerprint density at radius 3 is 2.88 bits per heavy atom. The average molecular weight is 401 g/mol. The highest BCUT2D eigenvalue weighted by atomic mass is 35.5. The van der Waals surface area contributed by atoms with Crippen LogP contribution >= 0.6 is 35.0 Å². The molecule has 7 nitrogen and oxygen atoms in total. The van der Waals surface area contributed by atoms with Crippen molar-refractivity contribution in [1.82, 2.24) is 14.5 Å². The van der Waals surface area contributed by atoms with Crippen LogP contribution in [0.15, 0.2) is 28.3 Å². The first-order valence-electron chi connectivity index (χ1n) is 7.81. The smallest absolute Gasteiger partial charge is 0.234 e. The number of nitrogens with zero attached hydrogens (tertiary/aromatic N) is 4. The second-order valence-electron chi connectivity index (χ2n) is 5.30. The second kappa shape index (κ2) is 7.41. The third-order valence-corrected chi connectivity index (χ3v) is 5.39. The van der Waals surface area contributed by atoms with Crippen LogP contribution < -0.4 is 16.3 Å². The molecule has 1 aliphatic rings. The van der Waals surface area contributed by atoms with Crippen LogP contribution in [0, 0.1) is 0 Å². The van der Waals surface area contributed by atoms with Crippen molar-refractivity contribution in [2.45, 2.75) is 24.9 Å². The van der Waals surface area contributed by atoms with Gasteiger partial charge in [-0.1, -0.05) is 41.0 Å². The van der Waals surface area contributed by atoms with Gasteiger partial charge in [-0.2, -0.15) is 9.97 Å². The SMILES string of the molecule is CCN=c1nc(NCC)nc2n1[C@](O)(Nc1cccc(Cl)c1Cl)CS2. The molecule has 10 heteroatoms. The van der Waals surface area contributed by atoms with Crippen molar-refractivity contribution in [1.29, 1.82) is 0 Å². The van der Waals surface area contributed by atoms with Crippen LogP contribution in [-0.2, 0) is 5.85 Å². The first kappa shape index (κ1) is 18.3. The molecule has 0 unspecified atom stereocenters. The molecule has 1 atom stereocenters. The maximum atomic E-state index is 11.2. The van der Waals surface area contributed by atoms with Crippen molar-refractivity contribution in [2.24, 2.45) is 4.99 Å². The van der Waals surface area contributed by atoms with Gasteiger partial charge in [-0.05, 0) is 26.0 Å². The molecule has 0 saturated carbocycles. The Morgan fingerprint density at radius 2 is 2.16 bits per heavy atom. The predicted octanol–water partition coefficient (Wildman–Crippen LogP) is 2.76. The van der Waals surface area contributed by atoms with E-state index in [1.807, 2.05) is 13.8 Å². The van der Waals surface area contributed by atoms with Gasteiger partial charge >= 0.3 is 0 Å². The summed E-state index contributed by atoms with van der Waals surface area (Å²) >= 11 is 13.7. The van der Waals surface area contributed by atoms with E-state index in [9.17, 15) is 5.11 Å². The highest BCUT2D eigenvalue weighted by Crippen LogP contribution is 2.37. The Hall–Kier alpha value is -1.48. The first-order valence-corrected chi connectivity index (χ1v) is 9.56. The molecule has 0 aliphatic carbocycles. The zero-order chi connectivity index (χ0) is 18.0. The van der Waals surface area contributed by atoms with Crippen LogP contribution in [-0.4, -0.2) is 38.5 Å². The van der Waals surface area contributed by atoms with Crippen molar-refractivity contribution in [3.63, 3.8) is 0 Å². The van der Waals surface area contributed by atoms with Gasteiger partial charge in [0.25, 0.3) is 0 Å². The van der Waals surface area contributed by atoms with Crippen LogP contribution in [0.2, 0.25) is 10.0 Å². The van der Waals surface area contributed by atoms with E-state index in [1.54, 1.807) is 22.8 Å². The quantitative estimate of drug-likeness (QED) is 0.668. The van der Waals surface area contributed by atoms with Gasteiger partial charge in [-0.15, -0.1) is 0 Å². The number of aliphatic hydroxyl groups is 1. The Bertz CT molecular complexity index is 858. The van der Waals surface area contributed by atoms with Gasteiger partial charge < -0.3 is 15.7 Å². The van der Waals surface area contributed by atoms with Crippen molar-refractivity contribution in [2.75, 3.05) is 29.5 Å². The van der Waals surface area contributed by atoms with Crippen LogP contribution in [0.25, 0.3) is 0 Å². The van der Waals surface area contributed by atoms with E-state index in [1.165, 1.54) is 11.8 Å².